The number of carbonyl (C=O) groups is 6. The minimum Gasteiger partial charge on any atom is -0.444 e. The molecule has 0 aliphatic rings. The van der Waals surface area contributed by atoms with Crippen LogP contribution in [0, 0.1) is 0 Å². The number of nitrogens with one attached hydrogen (secondary N) is 4. The van der Waals surface area contributed by atoms with E-state index in [2.05, 4.69) is 21.3 Å². The fraction of sp³-hybridized carbons (Fsp3) is 0.316. The highest BCUT2D eigenvalue weighted by Crippen LogP contribution is 2.22. The van der Waals surface area contributed by atoms with Crippen molar-refractivity contribution in [1.82, 2.24) is 25.8 Å². The van der Waals surface area contributed by atoms with Crippen molar-refractivity contribution in [3.05, 3.63) is 108 Å². The molecule has 0 radical (unpaired) electrons. The van der Waals surface area contributed by atoms with Crippen molar-refractivity contribution in [1.29, 1.82) is 0 Å². The summed E-state index contributed by atoms with van der Waals surface area (Å²) in [5, 5.41) is 11.6. The highest BCUT2D eigenvalue weighted by Gasteiger charge is 2.32. The molecule has 3 atom stereocenters. The van der Waals surface area contributed by atoms with E-state index in [9.17, 15) is 28.8 Å². The van der Waals surface area contributed by atoms with E-state index in [1.165, 1.54) is 4.57 Å². The summed E-state index contributed by atoms with van der Waals surface area (Å²) in [7, 11) is 0. The van der Waals surface area contributed by atoms with E-state index in [1.807, 2.05) is 60.7 Å². The molecule has 0 aliphatic carbocycles. The van der Waals surface area contributed by atoms with Gasteiger partial charge in [-0.25, -0.2) is 4.79 Å². The van der Waals surface area contributed by atoms with Crippen LogP contribution >= 0.6 is 0 Å². The number of carbonyl (C=O) groups excluding carboxylic acids is 6. The zero-order chi connectivity index (χ0) is 37.0. The highest BCUT2D eigenvalue weighted by atomic mass is 16.6. The van der Waals surface area contributed by atoms with Crippen molar-refractivity contribution >= 4 is 47.0 Å². The number of nitrogens with zero attached hydrogens (tertiary/aromatic N) is 1. The van der Waals surface area contributed by atoms with Crippen LogP contribution in [0.25, 0.3) is 10.9 Å². The van der Waals surface area contributed by atoms with Crippen molar-refractivity contribution in [2.24, 2.45) is 5.73 Å². The Morgan fingerprint density at radius 1 is 0.745 bits per heavy atom. The molecule has 4 aromatic rings. The zero-order valence-electron chi connectivity index (χ0n) is 28.9. The first kappa shape index (κ1) is 37.8. The van der Waals surface area contributed by atoms with Gasteiger partial charge in [0.15, 0.2) is 0 Å². The molecule has 3 aromatic carbocycles. The first-order chi connectivity index (χ1) is 24.3. The maximum Gasteiger partial charge on any atom is 0.408 e. The van der Waals surface area contributed by atoms with Gasteiger partial charge in [0, 0.05) is 37.4 Å². The lowest BCUT2D eigenvalue weighted by Gasteiger charge is -2.26. The van der Waals surface area contributed by atoms with Crippen molar-refractivity contribution in [2.75, 3.05) is 0 Å². The van der Waals surface area contributed by atoms with E-state index >= 15 is 0 Å². The summed E-state index contributed by atoms with van der Waals surface area (Å²) < 4.78 is 6.69. The van der Waals surface area contributed by atoms with Crippen LogP contribution in [0.4, 0.5) is 4.79 Å². The largest absolute Gasteiger partial charge is 0.444 e. The van der Waals surface area contributed by atoms with Crippen molar-refractivity contribution in [2.45, 2.75) is 76.7 Å². The Kier molecular flexibility index (Phi) is 13.1. The van der Waals surface area contributed by atoms with Crippen LogP contribution in [0.1, 0.15) is 50.3 Å². The second kappa shape index (κ2) is 17.6. The van der Waals surface area contributed by atoms with Gasteiger partial charge in [-0.05, 0) is 49.9 Å². The molecular weight excluding hydrogens is 652 g/mol. The molecule has 13 heteroatoms. The van der Waals surface area contributed by atoms with Gasteiger partial charge in [0.25, 0.3) is 0 Å². The first-order valence-corrected chi connectivity index (χ1v) is 16.6. The van der Waals surface area contributed by atoms with Crippen molar-refractivity contribution in [3.8, 4) is 0 Å². The van der Waals surface area contributed by atoms with E-state index in [1.54, 1.807) is 51.2 Å². The Labute approximate surface area is 296 Å². The third-order valence-electron chi connectivity index (χ3n) is 7.91. The van der Waals surface area contributed by atoms with Gasteiger partial charge < -0.3 is 31.7 Å². The van der Waals surface area contributed by atoms with Gasteiger partial charge >= 0.3 is 6.09 Å². The number of benzene rings is 3. The van der Waals surface area contributed by atoms with Gasteiger partial charge in [-0.3, -0.25) is 28.5 Å². The molecule has 0 bridgehead atoms. The molecule has 1 heterocycles. The fourth-order valence-electron chi connectivity index (χ4n) is 5.47. The number of hydrogen-bond acceptors (Lipinski definition) is 7. The maximum atomic E-state index is 14.2. The minimum absolute atomic E-state index is 0.0857. The number of aromatic nitrogens is 1. The Morgan fingerprint density at radius 3 is 1.92 bits per heavy atom. The number of amides is 5. The quantitative estimate of drug-likeness (QED) is 0.111. The predicted octanol–water partition coefficient (Wildman–Crippen LogP) is 2.91. The molecule has 0 saturated carbocycles. The molecular formula is C38H44N6O7. The molecule has 0 fully saturated rings. The van der Waals surface area contributed by atoms with E-state index < -0.39 is 53.4 Å². The van der Waals surface area contributed by atoms with Gasteiger partial charge in [-0.2, -0.15) is 0 Å². The van der Waals surface area contributed by atoms with Crippen LogP contribution in [-0.2, 0) is 48.1 Å². The summed E-state index contributed by atoms with van der Waals surface area (Å²) in [6.45, 7) is 5.19. The molecule has 5 amide bonds. The van der Waals surface area contributed by atoms with E-state index in [0.717, 1.165) is 11.1 Å². The van der Waals surface area contributed by atoms with Gasteiger partial charge in [-0.15, -0.1) is 0 Å². The lowest BCUT2D eigenvalue weighted by molar-refractivity contribution is -0.132. The number of rotatable bonds is 16. The number of fused-ring (bicyclic) bond motifs is 1. The smallest absolute Gasteiger partial charge is 0.408 e. The molecule has 13 nitrogen and oxygen atoms in total. The number of ether oxygens (including phenoxy) is 1. The summed E-state index contributed by atoms with van der Waals surface area (Å²) in [6, 6.07) is 21.9. The molecule has 0 unspecified atom stereocenters. The SMILES string of the molecule is CC(C)(C)OC(=O)N[C@@H](CCC(N)=O)C(=O)N[C@H](Cc1cn(C=O)c2ccccc12)C(=O)N[C@@H](Cc1ccccc1)C(=O)NCc1ccccc1. The second-order valence-corrected chi connectivity index (χ2v) is 13.1. The average molecular weight is 697 g/mol. The summed E-state index contributed by atoms with van der Waals surface area (Å²) in [6.07, 6.45) is 0.965. The van der Waals surface area contributed by atoms with Gasteiger partial charge in [0.05, 0.1) is 5.52 Å². The summed E-state index contributed by atoms with van der Waals surface area (Å²) >= 11 is 0. The van der Waals surface area contributed by atoms with Crippen molar-refractivity contribution < 1.29 is 33.5 Å². The predicted molar refractivity (Wildman–Crippen MR) is 192 cm³/mol. The van der Waals surface area contributed by atoms with Gasteiger partial charge in [-0.1, -0.05) is 78.9 Å². The summed E-state index contributed by atoms with van der Waals surface area (Å²) in [5.41, 5.74) is 7.31. The number of primary amides is 1. The lowest BCUT2D eigenvalue weighted by Crippen LogP contribution is -2.58. The van der Waals surface area contributed by atoms with Crippen LogP contribution in [0.15, 0.2) is 91.1 Å². The number of alkyl carbamates (subject to hydrolysis) is 1. The van der Waals surface area contributed by atoms with Crippen LogP contribution < -0.4 is 27.0 Å². The Hall–Kier alpha value is -5.98. The monoisotopic (exact) mass is 696 g/mol. The highest BCUT2D eigenvalue weighted by molar-refractivity contribution is 5.95. The third-order valence-corrected chi connectivity index (χ3v) is 7.91. The lowest BCUT2D eigenvalue weighted by atomic mass is 10.0. The van der Waals surface area contributed by atoms with E-state index in [4.69, 9.17) is 10.5 Å². The van der Waals surface area contributed by atoms with E-state index in [0.29, 0.717) is 22.9 Å². The minimum atomic E-state index is -1.30. The molecule has 4 rings (SSSR count). The summed E-state index contributed by atoms with van der Waals surface area (Å²) in [5.74, 6) is -2.60. The number of para-hydroxylation sites is 1. The Balaban J connectivity index is 1.65. The fourth-order valence-corrected chi connectivity index (χ4v) is 5.47. The second-order valence-electron chi connectivity index (χ2n) is 13.1. The molecule has 6 N–H and O–H groups in total. The molecule has 1 aromatic heterocycles. The normalized spacial score (nSPS) is 12.9. The van der Waals surface area contributed by atoms with Crippen LogP contribution in [0.2, 0.25) is 0 Å². The first-order valence-electron chi connectivity index (χ1n) is 16.6. The number of hydrogen-bond donors (Lipinski definition) is 5. The van der Waals surface area contributed by atoms with E-state index in [-0.39, 0.29) is 32.2 Å². The number of nitrogens with two attached hydrogens (primary N) is 1. The van der Waals surface area contributed by atoms with Gasteiger partial charge in [0.1, 0.15) is 23.7 Å². The van der Waals surface area contributed by atoms with Crippen LogP contribution in [0.3, 0.4) is 0 Å². The standard InChI is InChI=1S/C38H44N6O7/c1-38(2,3)51-37(50)43-29(18-19-33(39)46)35(48)42-31(21-27-23-44(24-45)32-17-11-10-16-28(27)32)36(49)41-30(20-25-12-6-4-7-13-25)34(47)40-22-26-14-8-5-9-15-26/h4-17,23-24,29-31H,18-22H2,1-3H3,(H2,39,46)(H,40,47)(H,41,49)(H,42,48)(H,43,50)/t29-,30-,31+/m0/s1. The van der Waals surface area contributed by atoms with Crippen LogP contribution in [0.5, 0.6) is 0 Å². The molecule has 0 aliphatic heterocycles. The molecule has 0 spiro atoms. The summed E-state index contributed by atoms with van der Waals surface area (Å²) in [4.78, 5) is 77.8. The van der Waals surface area contributed by atoms with Gasteiger partial charge in [0.2, 0.25) is 30.0 Å². The third kappa shape index (κ3) is 11.6. The topological polar surface area (TPSA) is 191 Å². The van der Waals surface area contributed by atoms with Crippen LogP contribution in [-0.4, -0.2) is 64.4 Å². The maximum absolute atomic E-state index is 14.2. The molecule has 0 saturated heterocycles. The zero-order valence-corrected chi connectivity index (χ0v) is 28.9. The Morgan fingerprint density at radius 2 is 1.31 bits per heavy atom. The van der Waals surface area contributed by atoms with Crippen molar-refractivity contribution in [3.63, 3.8) is 0 Å². The molecule has 51 heavy (non-hydrogen) atoms. The average Bonchev–Trinajstić information content (AvgIpc) is 3.45. The molecule has 268 valence electrons. The Bertz CT molecular complexity index is 1840.